The molecule has 6 aromatic rings. The summed E-state index contributed by atoms with van der Waals surface area (Å²) >= 11 is 0. The first-order valence-electron chi connectivity index (χ1n) is 16.9. The Labute approximate surface area is 283 Å². The molecule has 1 heterocycles. The van der Waals surface area contributed by atoms with Crippen LogP contribution in [0.4, 0.5) is 0 Å². The number of hydrogen-bond donors (Lipinski definition) is 2. The van der Waals surface area contributed by atoms with E-state index in [2.05, 4.69) is 86.8 Å². The summed E-state index contributed by atoms with van der Waals surface area (Å²) in [6, 6.07) is 50.3. The van der Waals surface area contributed by atoms with Crippen LogP contribution < -0.4 is 5.19 Å². The SMILES string of the molecule is CC12CC3=C(C=C1C(O)(c1ccccc1)c1ccccc1C2(O)c1ccccc1)[Si](C)(C)c1cc(-c2cccc4ccccc24)ccc13. The van der Waals surface area contributed by atoms with Crippen LogP contribution in [0.3, 0.4) is 0 Å². The topological polar surface area (TPSA) is 40.5 Å². The van der Waals surface area contributed by atoms with Crippen LogP contribution in [0.15, 0.2) is 162 Å². The van der Waals surface area contributed by atoms with Crippen LogP contribution in [0.1, 0.15) is 41.2 Å². The van der Waals surface area contributed by atoms with Gasteiger partial charge in [0, 0.05) is 5.41 Å². The second-order valence-corrected chi connectivity index (χ2v) is 18.9. The molecule has 0 saturated heterocycles. The van der Waals surface area contributed by atoms with Gasteiger partial charge in [0.15, 0.2) is 0 Å². The Morgan fingerprint density at radius 2 is 1.23 bits per heavy atom. The summed E-state index contributed by atoms with van der Waals surface area (Å²) < 4.78 is 0. The summed E-state index contributed by atoms with van der Waals surface area (Å²) in [6.45, 7) is 7.07. The normalized spacial score (nSPS) is 25.1. The van der Waals surface area contributed by atoms with Crippen molar-refractivity contribution < 1.29 is 10.2 Å². The van der Waals surface area contributed by atoms with Gasteiger partial charge in [0.05, 0.1) is 0 Å². The number of benzene rings is 6. The molecule has 2 aliphatic carbocycles. The number of allylic oxidation sites excluding steroid dienone is 3. The van der Waals surface area contributed by atoms with Crippen molar-refractivity contribution in [2.75, 3.05) is 0 Å². The van der Waals surface area contributed by atoms with Crippen molar-refractivity contribution in [2.45, 2.75) is 37.6 Å². The zero-order chi connectivity index (χ0) is 32.9. The van der Waals surface area contributed by atoms with Crippen molar-refractivity contribution in [3.63, 3.8) is 0 Å². The van der Waals surface area contributed by atoms with E-state index >= 15 is 0 Å². The van der Waals surface area contributed by atoms with Gasteiger partial charge < -0.3 is 10.2 Å². The first-order valence-corrected chi connectivity index (χ1v) is 19.9. The quantitative estimate of drug-likeness (QED) is 0.190. The largest absolute Gasteiger partial charge is 0.379 e. The summed E-state index contributed by atoms with van der Waals surface area (Å²) in [6.07, 6.45) is 2.93. The Morgan fingerprint density at radius 3 is 1.98 bits per heavy atom. The van der Waals surface area contributed by atoms with Gasteiger partial charge in [-0.2, -0.15) is 0 Å². The summed E-state index contributed by atoms with van der Waals surface area (Å²) in [5.41, 5.74) is 5.45. The van der Waals surface area contributed by atoms with Crippen molar-refractivity contribution >= 4 is 29.6 Å². The van der Waals surface area contributed by atoms with Crippen molar-refractivity contribution in [1.29, 1.82) is 0 Å². The van der Waals surface area contributed by atoms with Crippen LogP contribution in [0.25, 0.3) is 27.5 Å². The maximum Gasteiger partial charge on any atom is 0.137 e. The fourth-order valence-corrected chi connectivity index (χ4v) is 12.6. The third-order valence-electron chi connectivity index (χ3n) is 11.8. The Bertz CT molecular complexity index is 2330. The molecule has 3 atom stereocenters. The molecule has 0 bridgehead atoms. The minimum atomic E-state index is -2.23. The van der Waals surface area contributed by atoms with Gasteiger partial charge in [0.2, 0.25) is 0 Å². The minimum Gasteiger partial charge on any atom is -0.379 e. The van der Waals surface area contributed by atoms with Gasteiger partial charge in [-0.25, -0.2) is 0 Å². The molecular weight excluding hydrogens is 601 g/mol. The van der Waals surface area contributed by atoms with Crippen molar-refractivity contribution in [2.24, 2.45) is 5.41 Å². The first-order chi connectivity index (χ1) is 23.2. The average Bonchev–Trinajstić information content (AvgIpc) is 3.34. The molecular formula is C45H38O2Si. The number of fused-ring (bicyclic) bond motifs is 5. The minimum absolute atomic E-state index is 0.611. The molecule has 0 radical (unpaired) electrons. The second kappa shape index (κ2) is 10.1. The molecule has 2 N–H and O–H groups in total. The second-order valence-electron chi connectivity index (χ2n) is 14.6. The Morgan fingerprint density at radius 1 is 0.604 bits per heavy atom. The van der Waals surface area contributed by atoms with E-state index in [0.717, 1.165) is 27.8 Å². The fraction of sp³-hybridized carbons (Fsp3) is 0.156. The highest BCUT2D eigenvalue weighted by molar-refractivity contribution is 6.99. The summed E-state index contributed by atoms with van der Waals surface area (Å²) in [4.78, 5) is 0. The predicted molar refractivity (Wildman–Crippen MR) is 200 cm³/mol. The standard InChI is InChI=1S/C45H38O2Si/c1-43-29-37-36-26-25-31(35-22-14-16-30-15-10-11-21-34(30)35)27-40(36)48(2,3)41(37)28-42(43)44(46,32-17-6-4-7-18-32)38-23-12-13-24-39(38)45(43,47)33-19-8-5-9-20-33/h4-28,46-47H,29H2,1-3H3. The van der Waals surface area contributed by atoms with Crippen LogP contribution in [0, 0.1) is 5.41 Å². The van der Waals surface area contributed by atoms with Crippen molar-refractivity contribution in [3.8, 4) is 11.1 Å². The number of hydrogen-bond acceptors (Lipinski definition) is 2. The third-order valence-corrected chi connectivity index (χ3v) is 15.4. The fourth-order valence-electron chi connectivity index (χ4n) is 9.37. The van der Waals surface area contributed by atoms with E-state index in [0.29, 0.717) is 6.42 Å². The number of rotatable bonds is 3. The predicted octanol–water partition coefficient (Wildman–Crippen LogP) is 9.25. The smallest absolute Gasteiger partial charge is 0.137 e. The molecule has 1 aliphatic heterocycles. The van der Waals surface area contributed by atoms with Crippen molar-refractivity contribution in [1.82, 2.24) is 0 Å². The molecule has 3 heteroatoms. The van der Waals surface area contributed by atoms with E-state index in [1.807, 2.05) is 84.9 Å². The lowest BCUT2D eigenvalue weighted by atomic mass is 9.49. The molecule has 0 aromatic heterocycles. The molecule has 9 rings (SSSR count). The summed E-state index contributed by atoms with van der Waals surface area (Å²) in [5.74, 6) is 0. The molecule has 234 valence electrons. The molecule has 6 aromatic carbocycles. The van der Waals surface area contributed by atoms with E-state index in [4.69, 9.17) is 0 Å². The lowest BCUT2D eigenvalue weighted by molar-refractivity contribution is -0.0637. The molecule has 48 heavy (non-hydrogen) atoms. The van der Waals surface area contributed by atoms with Crippen LogP contribution in [-0.2, 0) is 11.2 Å². The van der Waals surface area contributed by atoms with E-state index in [1.54, 1.807) is 0 Å². The Kier molecular flexibility index (Phi) is 6.18. The van der Waals surface area contributed by atoms with Gasteiger partial charge in [-0.15, -0.1) is 0 Å². The molecule has 3 aliphatic rings. The lowest BCUT2D eigenvalue weighted by Gasteiger charge is -2.58. The van der Waals surface area contributed by atoms with Gasteiger partial charge in [-0.1, -0.05) is 177 Å². The van der Waals surface area contributed by atoms with E-state index in [-0.39, 0.29) is 0 Å². The van der Waals surface area contributed by atoms with Crippen LogP contribution in [0.5, 0.6) is 0 Å². The maximum absolute atomic E-state index is 13.5. The summed E-state index contributed by atoms with van der Waals surface area (Å²) in [5, 5.41) is 32.1. The number of aliphatic hydroxyl groups is 2. The zero-order valence-electron chi connectivity index (χ0n) is 27.5. The van der Waals surface area contributed by atoms with Gasteiger partial charge >= 0.3 is 0 Å². The first kappa shape index (κ1) is 29.3. The van der Waals surface area contributed by atoms with Crippen LogP contribution >= 0.6 is 0 Å². The highest BCUT2D eigenvalue weighted by atomic mass is 28.3. The highest BCUT2D eigenvalue weighted by Crippen LogP contribution is 2.67. The van der Waals surface area contributed by atoms with Crippen LogP contribution in [0.2, 0.25) is 13.1 Å². The maximum atomic E-state index is 13.5. The molecule has 0 spiro atoms. The lowest BCUT2D eigenvalue weighted by Crippen LogP contribution is -2.57. The van der Waals surface area contributed by atoms with Gasteiger partial charge in [-0.05, 0) is 72.5 Å². The highest BCUT2D eigenvalue weighted by Gasteiger charge is 2.64. The zero-order valence-corrected chi connectivity index (χ0v) is 28.5. The van der Waals surface area contributed by atoms with Gasteiger partial charge in [-0.3, -0.25) is 0 Å². The van der Waals surface area contributed by atoms with E-state index < -0.39 is 24.7 Å². The molecule has 0 saturated carbocycles. The molecule has 2 nitrogen and oxygen atoms in total. The molecule has 0 fully saturated rings. The van der Waals surface area contributed by atoms with E-state index in [1.165, 1.54) is 43.4 Å². The van der Waals surface area contributed by atoms with Crippen LogP contribution in [-0.4, -0.2) is 18.3 Å². The Balaban J connectivity index is 1.31. The third kappa shape index (κ3) is 3.70. The van der Waals surface area contributed by atoms with Gasteiger partial charge in [0.1, 0.15) is 19.3 Å². The van der Waals surface area contributed by atoms with Crippen molar-refractivity contribution in [3.05, 3.63) is 190 Å². The molecule has 0 amide bonds. The Hall–Kier alpha value is -4.80. The summed E-state index contributed by atoms with van der Waals surface area (Å²) in [7, 11) is -2.23. The average molecular weight is 639 g/mol. The van der Waals surface area contributed by atoms with Gasteiger partial charge in [0.25, 0.3) is 0 Å². The monoisotopic (exact) mass is 638 g/mol. The van der Waals surface area contributed by atoms with E-state index in [9.17, 15) is 10.2 Å². The molecule has 3 unspecified atom stereocenters.